The Morgan fingerprint density at radius 1 is 0.966 bits per heavy atom. The third kappa shape index (κ3) is 6.95. The number of hydrogen-bond donors (Lipinski definition) is 1. The van der Waals surface area contributed by atoms with Gasteiger partial charge in [0.15, 0.2) is 18.5 Å². The van der Waals surface area contributed by atoms with Crippen molar-refractivity contribution in [2.24, 2.45) is 0 Å². The highest BCUT2D eigenvalue weighted by Gasteiger charge is 2.18. The lowest BCUT2D eigenvalue weighted by atomic mass is 10.1. The fourth-order valence-corrected chi connectivity index (χ4v) is 2.44. The monoisotopic (exact) mass is 399 g/mol. The first-order valence-corrected chi connectivity index (χ1v) is 9.29. The van der Waals surface area contributed by atoms with Crippen molar-refractivity contribution in [2.75, 3.05) is 13.7 Å². The number of ketones is 1. The van der Waals surface area contributed by atoms with Gasteiger partial charge in [-0.05, 0) is 48.9 Å². The summed E-state index contributed by atoms with van der Waals surface area (Å²) in [5.74, 6) is 0.132. The van der Waals surface area contributed by atoms with Gasteiger partial charge in [0.05, 0.1) is 7.11 Å². The summed E-state index contributed by atoms with van der Waals surface area (Å²) in [6.45, 7) is 3.25. The van der Waals surface area contributed by atoms with Crippen LogP contribution in [0, 0.1) is 0 Å². The second-order valence-corrected chi connectivity index (χ2v) is 6.29. The Balaban J connectivity index is 1.74. The third-order valence-electron chi connectivity index (χ3n) is 4.16. The number of Topliss-reactive ketones (excluding diaryl/α,β-unsaturated/α-hetero) is 1. The molecule has 154 valence electrons. The van der Waals surface area contributed by atoms with Crippen LogP contribution in [0.1, 0.15) is 36.2 Å². The van der Waals surface area contributed by atoms with Gasteiger partial charge in [0.1, 0.15) is 11.5 Å². The Labute approximate surface area is 170 Å². The molecule has 0 fully saturated rings. The molecule has 0 unspecified atom stereocenters. The summed E-state index contributed by atoms with van der Waals surface area (Å²) < 4.78 is 15.5. The quantitative estimate of drug-likeness (QED) is 0.488. The minimum Gasteiger partial charge on any atom is -0.497 e. The molecule has 29 heavy (non-hydrogen) atoms. The molecule has 1 atom stereocenters. The number of nitrogens with one attached hydrogen (secondary N) is 1. The van der Waals surface area contributed by atoms with E-state index < -0.39 is 18.0 Å². The second-order valence-electron chi connectivity index (χ2n) is 6.29. The molecule has 0 aliphatic rings. The van der Waals surface area contributed by atoms with Gasteiger partial charge in [-0.25, -0.2) is 4.79 Å². The lowest BCUT2D eigenvalue weighted by Crippen LogP contribution is -2.36. The van der Waals surface area contributed by atoms with Crippen LogP contribution in [0.3, 0.4) is 0 Å². The molecular formula is C22H25NO6. The largest absolute Gasteiger partial charge is 0.497 e. The van der Waals surface area contributed by atoms with Crippen LogP contribution in [0.4, 0.5) is 0 Å². The predicted molar refractivity (Wildman–Crippen MR) is 107 cm³/mol. The first kappa shape index (κ1) is 21.9. The molecule has 0 aromatic heterocycles. The Bertz CT molecular complexity index is 829. The molecule has 0 saturated heterocycles. The van der Waals surface area contributed by atoms with E-state index in [1.807, 2.05) is 12.1 Å². The van der Waals surface area contributed by atoms with Crippen LogP contribution < -0.4 is 14.8 Å². The number of hydrogen-bond acceptors (Lipinski definition) is 6. The second kappa shape index (κ2) is 10.8. The van der Waals surface area contributed by atoms with E-state index in [0.29, 0.717) is 24.3 Å². The van der Waals surface area contributed by atoms with Crippen molar-refractivity contribution >= 4 is 17.7 Å². The average molecular weight is 399 g/mol. The minimum absolute atomic E-state index is 0.0328. The lowest BCUT2D eigenvalue weighted by molar-refractivity contribution is -0.156. The van der Waals surface area contributed by atoms with Gasteiger partial charge in [-0.3, -0.25) is 9.59 Å². The lowest BCUT2D eigenvalue weighted by Gasteiger charge is -2.14. The average Bonchev–Trinajstić information content (AvgIpc) is 2.76. The Morgan fingerprint density at radius 3 is 2.17 bits per heavy atom. The first-order chi connectivity index (χ1) is 13.9. The van der Waals surface area contributed by atoms with Crippen molar-refractivity contribution in [1.82, 2.24) is 5.32 Å². The van der Waals surface area contributed by atoms with Gasteiger partial charge in [-0.1, -0.05) is 19.1 Å². The number of methoxy groups -OCH3 is 1. The van der Waals surface area contributed by atoms with E-state index >= 15 is 0 Å². The van der Waals surface area contributed by atoms with Gasteiger partial charge >= 0.3 is 5.97 Å². The number of benzene rings is 2. The van der Waals surface area contributed by atoms with E-state index in [-0.39, 0.29) is 12.4 Å². The van der Waals surface area contributed by atoms with Crippen molar-refractivity contribution in [2.45, 2.75) is 32.9 Å². The zero-order chi connectivity index (χ0) is 21.2. The molecule has 0 radical (unpaired) electrons. The summed E-state index contributed by atoms with van der Waals surface area (Å²) in [6, 6.07) is 13.8. The normalized spacial score (nSPS) is 11.3. The highest BCUT2D eigenvalue weighted by atomic mass is 16.6. The van der Waals surface area contributed by atoms with E-state index in [0.717, 1.165) is 11.3 Å². The summed E-state index contributed by atoms with van der Waals surface area (Å²) in [5.41, 5.74) is 1.48. The molecule has 7 heteroatoms. The number of carbonyl (C=O) groups excluding carboxylic acids is 3. The molecule has 1 N–H and O–H groups in total. The predicted octanol–water partition coefficient (Wildman–Crippen LogP) is 2.91. The Kier molecular flexibility index (Phi) is 8.21. The molecule has 0 heterocycles. The van der Waals surface area contributed by atoms with Crippen LogP contribution in [-0.4, -0.2) is 37.5 Å². The summed E-state index contributed by atoms with van der Waals surface area (Å²) in [4.78, 5) is 35.6. The van der Waals surface area contributed by atoms with Crippen LogP contribution in [0.5, 0.6) is 11.5 Å². The molecule has 0 saturated carbocycles. The molecule has 0 aliphatic carbocycles. The summed E-state index contributed by atoms with van der Waals surface area (Å²) in [5, 5.41) is 2.71. The van der Waals surface area contributed by atoms with Crippen molar-refractivity contribution in [3.63, 3.8) is 0 Å². The van der Waals surface area contributed by atoms with Crippen molar-refractivity contribution < 1.29 is 28.6 Å². The summed E-state index contributed by atoms with van der Waals surface area (Å²) >= 11 is 0. The first-order valence-electron chi connectivity index (χ1n) is 9.29. The van der Waals surface area contributed by atoms with Crippen molar-refractivity contribution in [3.8, 4) is 11.5 Å². The molecule has 0 bridgehead atoms. The van der Waals surface area contributed by atoms with Gasteiger partial charge in [-0.15, -0.1) is 0 Å². The number of ether oxygens (including phenoxy) is 3. The minimum atomic E-state index is -0.950. The molecule has 2 rings (SSSR count). The topological polar surface area (TPSA) is 90.9 Å². The van der Waals surface area contributed by atoms with Crippen LogP contribution in [0.2, 0.25) is 0 Å². The number of carbonyl (C=O) groups is 3. The van der Waals surface area contributed by atoms with E-state index in [1.165, 1.54) is 6.92 Å². The molecule has 0 aliphatic heterocycles. The highest BCUT2D eigenvalue weighted by Crippen LogP contribution is 2.14. The molecule has 2 aromatic carbocycles. The fraction of sp³-hybridized carbons (Fsp3) is 0.318. The van der Waals surface area contributed by atoms with E-state index in [2.05, 4.69) is 5.32 Å². The van der Waals surface area contributed by atoms with Crippen molar-refractivity contribution in [1.29, 1.82) is 0 Å². The molecule has 1 amide bonds. The molecular weight excluding hydrogens is 374 g/mol. The fourth-order valence-electron chi connectivity index (χ4n) is 2.44. The standard InChI is InChI=1S/C22H25NO6/c1-4-20(24)17-7-11-19(12-8-17)28-14-21(25)29-15(2)22(26)23-13-16-5-9-18(27-3)10-6-16/h5-12,15H,4,13-14H2,1-3H3,(H,23,26)/t15-/m0/s1. The van der Waals surface area contributed by atoms with Gasteiger partial charge < -0.3 is 19.5 Å². The van der Waals surface area contributed by atoms with Gasteiger partial charge in [0.25, 0.3) is 5.91 Å². The summed E-state index contributed by atoms with van der Waals surface area (Å²) in [6.07, 6.45) is -0.529. The number of amides is 1. The third-order valence-corrected chi connectivity index (χ3v) is 4.16. The maximum absolute atomic E-state index is 12.1. The summed E-state index contributed by atoms with van der Waals surface area (Å²) in [7, 11) is 1.58. The van der Waals surface area contributed by atoms with Crippen LogP contribution in [-0.2, 0) is 20.9 Å². The van der Waals surface area contributed by atoms with E-state index in [4.69, 9.17) is 14.2 Å². The van der Waals surface area contributed by atoms with Crippen LogP contribution >= 0.6 is 0 Å². The zero-order valence-electron chi connectivity index (χ0n) is 16.8. The van der Waals surface area contributed by atoms with Gasteiger partial charge in [-0.2, -0.15) is 0 Å². The van der Waals surface area contributed by atoms with Crippen LogP contribution in [0.15, 0.2) is 48.5 Å². The van der Waals surface area contributed by atoms with Gasteiger partial charge in [0, 0.05) is 18.5 Å². The molecule has 0 spiro atoms. The maximum atomic E-state index is 12.1. The maximum Gasteiger partial charge on any atom is 0.344 e. The highest BCUT2D eigenvalue weighted by molar-refractivity contribution is 5.95. The van der Waals surface area contributed by atoms with Crippen LogP contribution in [0.25, 0.3) is 0 Å². The van der Waals surface area contributed by atoms with Gasteiger partial charge in [0.2, 0.25) is 0 Å². The number of esters is 1. The number of rotatable bonds is 10. The van der Waals surface area contributed by atoms with E-state index in [9.17, 15) is 14.4 Å². The SMILES string of the molecule is CCC(=O)c1ccc(OCC(=O)O[C@@H](C)C(=O)NCc2ccc(OC)cc2)cc1. The smallest absolute Gasteiger partial charge is 0.344 e. The Hall–Kier alpha value is -3.35. The van der Waals surface area contributed by atoms with Crippen molar-refractivity contribution in [3.05, 3.63) is 59.7 Å². The van der Waals surface area contributed by atoms with E-state index in [1.54, 1.807) is 50.4 Å². The zero-order valence-corrected chi connectivity index (χ0v) is 16.8. The molecule has 7 nitrogen and oxygen atoms in total. The Morgan fingerprint density at radius 2 is 1.59 bits per heavy atom. The molecule has 2 aromatic rings.